The first-order valence-corrected chi connectivity index (χ1v) is 7.22. The number of benzene rings is 2. The summed E-state index contributed by atoms with van der Waals surface area (Å²) in [5.74, 6) is -0.0956. The van der Waals surface area contributed by atoms with E-state index in [0.29, 0.717) is 5.56 Å². The highest BCUT2D eigenvalue weighted by atomic mass is 16.3. The van der Waals surface area contributed by atoms with Gasteiger partial charge in [-0.3, -0.25) is 4.79 Å². The van der Waals surface area contributed by atoms with E-state index in [0.717, 1.165) is 36.5 Å². The molecule has 3 heteroatoms. The summed E-state index contributed by atoms with van der Waals surface area (Å²) in [6.45, 7) is 0. The Morgan fingerprint density at radius 3 is 2.60 bits per heavy atom. The quantitative estimate of drug-likeness (QED) is 0.880. The zero-order chi connectivity index (χ0) is 13.9. The summed E-state index contributed by atoms with van der Waals surface area (Å²) < 4.78 is 0. The molecule has 0 radical (unpaired) electrons. The third-order valence-corrected chi connectivity index (χ3v) is 4.06. The van der Waals surface area contributed by atoms with Crippen LogP contribution in [0.25, 0.3) is 10.8 Å². The molecule has 0 aliphatic heterocycles. The predicted octanol–water partition coefficient (Wildman–Crippen LogP) is 2.87. The summed E-state index contributed by atoms with van der Waals surface area (Å²) in [6.07, 6.45) is 3.35. The third kappa shape index (κ3) is 2.68. The van der Waals surface area contributed by atoms with Crippen molar-refractivity contribution in [3.05, 3.63) is 48.0 Å². The van der Waals surface area contributed by atoms with Crippen LogP contribution in [0.4, 0.5) is 0 Å². The molecule has 1 amide bonds. The molecule has 2 aromatic carbocycles. The maximum absolute atomic E-state index is 12.3. The van der Waals surface area contributed by atoms with Gasteiger partial charge >= 0.3 is 0 Å². The Hall–Kier alpha value is -1.87. The van der Waals surface area contributed by atoms with E-state index in [-0.39, 0.29) is 11.9 Å². The van der Waals surface area contributed by atoms with Crippen LogP contribution in [0.2, 0.25) is 0 Å². The Morgan fingerprint density at radius 2 is 1.80 bits per heavy atom. The highest BCUT2D eigenvalue weighted by Gasteiger charge is 2.24. The number of aliphatic hydroxyl groups is 1. The van der Waals surface area contributed by atoms with Crippen molar-refractivity contribution >= 4 is 16.7 Å². The number of amides is 1. The number of carbonyl (C=O) groups is 1. The number of hydrogen-bond donors (Lipinski definition) is 2. The summed E-state index contributed by atoms with van der Waals surface area (Å²) in [6, 6.07) is 13.6. The first-order chi connectivity index (χ1) is 9.74. The molecule has 1 saturated carbocycles. The largest absolute Gasteiger partial charge is 0.391 e. The fraction of sp³-hybridized carbons (Fsp3) is 0.353. The molecule has 3 nitrogen and oxygen atoms in total. The zero-order valence-corrected chi connectivity index (χ0v) is 11.4. The zero-order valence-electron chi connectivity index (χ0n) is 11.4. The van der Waals surface area contributed by atoms with Crippen molar-refractivity contribution in [3.63, 3.8) is 0 Å². The Labute approximate surface area is 118 Å². The normalized spacial score (nSPS) is 22.6. The van der Waals surface area contributed by atoms with Gasteiger partial charge in [-0.25, -0.2) is 0 Å². The molecule has 0 heterocycles. The monoisotopic (exact) mass is 269 g/mol. The van der Waals surface area contributed by atoms with Crippen molar-refractivity contribution in [2.75, 3.05) is 0 Å². The van der Waals surface area contributed by atoms with Gasteiger partial charge in [0.25, 0.3) is 5.91 Å². The summed E-state index contributed by atoms with van der Waals surface area (Å²) >= 11 is 0. The Bertz CT molecular complexity index is 623. The second-order valence-corrected chi connectivity index (χ2v) is 5.49. The molecular formula is C17H19NO2. The van der Waals surface area contributed by atoms with Crippen LogP contribution in [0.5, 0.6) is 0 Å². The lowest BCUT2D eigenvalue weighted by Crippen LogP contribution is -2.45. The van der Waals surface area contributed by atoms with E-state index in [4.69, 9.17) is 0 Å². The number of rotatable bonds is 2. The van der Waals surface area contributed by atoms with Crippen LogP contribution in [0, 0.1) is 0 Å². The standard InChI is InChI=1S/C17H19NO2/c19-16-8-4-3-7-15(16)18-17(20)14-10-9-12-5-1-2-6-13(12)11-14/h1-2,5-6,9-11,15-16,19H,3-4,7-8H2,(H,18,20)/t15-,16-/m1/s1. The average Bonchev–Trinajstić information content (AvgIpc) is 2.49. The highest BCUT2D eigenvalue weighted by Crippen LogP contribution is 2.20. The second-order valence-electron chi connectivity index (χ2n) is 5.49. The SMILES string of the molecule is O=C(N[C@@H]1CCCC[C@H]1O)c1ccc2ccccc2c1. The molecule has 0 saturated heterocycles. The second kappa shape index (κ2) is 5.63. The predicted molar refractivity (Wildman–Crippen MR) is 79.7 cm³/mol. The van der Waals surface area contributed by atoms with Gasteiger partial charge in [-0.15, -0.1) is 0 Å². The molecule has 3 rings (SSSR count). The Kier molecular flexibility index (Phi) is 3.70. The number of carbonyl (C=O) groups excluding carboxylic acids is 1. The molecular weight excluding hydrogens is 250 g/mol. The molecule has 2 atom stereocenters. The van der Waals surface area contributed by atoms with Crippen LogP contribution in [0.3, 0.4) is 0 Å². The lowest BCUT2D eigenvalue weighted by Gasteiger charge is -2.28. The van der Waals surface area contributed by atoms with Gasteiger partial charge in [0, 0.05) is 5.56 Å². The van der Waals surface area contributed by atoms with E-state index in [1.165, 1.54) is 0 Å². The summed E-state index contributed by atoms with van der Waals surface area (Å²) in [4.78, 5) is 12.3. The smallest absolute Gasteiger partial charge is 0.251 e. The van der Waals surface area contributed by atoms with Crippen LogP contribution < -0.4 is 5.32 Å². The minimum Gasteiger partial charge on any atom is -0.391 e. The van der Waals surface area contributed by atoms with Crippen LogP contribution in [0.15, 0.2) is 42.5 Å². The third-order valence-electron chi connectivity index (χ3n) is 4.06. The summed E-state index contributed by atoms with van der Waals surface area (Å²) in [5.41, 5.74) is 0.654. The van der Waals surface area contributed by atoms with Crippen molar-refractivity contribution in [3.8, 4) is 0 Å². The minimum absolute atomic E-state index is 0.0956. The topological polar surface area (TPSA) is 49.3 Å². The molecule has 20 heavy (non-hydrogen) atoms. The first-order valence-electron chi connectivity index (χ1n) is 7.22. The van der Waals surface area contributed by atoms with Crippen molar-refractivity contribution in [2.45, 2.75) is 37.8 Å². The molecule has 0 bridgehead atoms. The van der Waals surface area contributed by atoms with Gasteiger partial charge in [-0.2, -0.15) is 0 Å². The van der Waals surface area contributed by atoms with Gasteiger partial charge in [0.1, 0.15) is 0 Å². The van der Waals surface area contributed by atoms with Crippen molar-refractivity contribution in [2.24, 2.45) is 0 Å². The van der Waals surface area contributed by atoms with E-state index in [1.54, 1.807) is 0 Å². The highest BCUT2D eigenvalue weighted by molar-refractivity contribution is 5.98. The lowest BCUT2D eigenvalue weighted by molar-refractivity contribution is 0.0717. The number of nitrogens with one attached hydrogen (secondary N) is 1. The summed E-state index contributed by atoms with van der Waals surface area (Å²) in [7, 11) is 0. The van der Waals surface area contributed by atoms with Crippen molar-refractivity contribution in [1.29, 1.82) is 0 Å². The van der Waals surface area contributed by atoms with Crippen LogP contribution in [-0.2, 0) is 0 Å². The van der Waals surface area contributed by atoms with E-state index >= 15 is 0 Å². The Morgan fingerprint density at radius 1 is 1.05 bits per heavy atom. The maximum atomic E-state index is 12.3. The van der Waals surface area contributed by atoms with Crippen molar-refractivity contribution < 1.29 is 9.90 Å². The number of hydrogen-bond acceptors (Lipinski definition) is 2. The van der Waals surface area contributed by atoms with Gasteiger partial charge in [-0.1, -0.05) is 43.2 Å². The van der Waals surface area contributed by atoms with Gasteiger partial charge in [-0.05, 0) is 35.7 Å². The lowest BCUT2D eigenvalue weighted by atomic mass is 9.92. The molecule has 1 fully saturated rings. The number of aliphatic hydroxyl groups excluding tert-OH is 1. The van der Waals surface area contributed by atoms with E-state index in [1.807, 2.05) is 42.5 Å². The van der Waals surface area contributed by atoms with E-state index in [2.05, 4.69) is 5.32 Å². The van der Waals surface area contributed by atoms with E-state index in [9.17, 15) is 9.90 Å². The number of fused-ring (bicyclic) bond motifs is 1. The Balaban J connectivity index is 1.78. The molecule has 2 N–H and O–H groups in total. The summed E-state index contributed by atoms with van der Waals surface area (Å²) in [5, 5.41) is 15.1. The van der Waals surface area contributed by atoms with Gasteiger partial charge in [0.2, 0.25) is 0 Å². The molecule has 1 aliphatic carbocycles. The van der Waals surface area contributed by atoms with Gasteiger partial charge in [0.05, 0.1) is 12.1 Å². The molecule has 2 aromatic rings. The fourth-order valence-electron chi connectivity index (χ4n) is 2.86. The minimum atomic E-state index is -0.409. The first kappa shape index (κ1) is 13.1. The average molecular weight is 269 g/mol. The molecule has 0 spiro atoms. The molecule has 0 unspecified atom stereocenters. The molecule has 104 valence electrons. The van der Waals surface area contributed by atoms with Crippen LogP contribution >= 0.6 is 0 Å². The van der Waals surface area contributed by atoms with Gasteiger partial charge < -0.3 is 10.4 Å². The van der Waals surface area contributed by atoms with Crippen LogP contribution in [0.1, 0.15) is 36.0 Å². The van der Waals surface area contributed by atoms with E-state index < -0.39 is 6.10 Å². The maximum Gasteiger partial charge on any atom is 0.251 e. The molecule has 0 aromatic heterocycles. The van der Waals surface area contributed by atoms with Crippen molar-refractivity contribution in [1.82, 2.24) is 5.32 Å². The van der Waals surface area contributed by atoms with Crippen LogP contribution in [-0.4, -0.2) is 23.2 Å². The fourth-order valence-corrected chi connectivity index (χ4v) is 2.86. The van der Waals surface area contributed by atoms with Gasteiger partial charge in [0.15, 0.2) is 0 Å². The molecule has 1 aliphatic rings.